The molecule has 6 aliphatic heterocycles. The molecule has 2 N–H and O–H groups in total. The molecule has 3 aromatic heterocycles. The Bertz CT molecular complexity index is 2960. The number of rotatable bonds is 0. The van der Waals surface area contributed by atoms with Crippen LogP contribution < -0.4 is 0 Å². The van der Waals surface area contributed by atoms with E-state index in [0.717, 1.165) is 112 Å². The SMILES string of the molecule is c1c2c(cc3c1-c1nc-3nc3[nH]c(nc4nc(nc5[nH]c(n1)c1cc6c(cc51)SCCCCCCS6)-c1cc5c(cc1-4)SCCCCCCS5)c1cc4c(cc31)SCCCCCCS4)SCCCCCCS2. The summed E-state index contributed by atoms with van der Waals surface area (Å²) in [5, 5.41) is 4.24. The van der Waals surface area contributed by atoms with E-state index < -0.39 is 0 Å². The van der Waals surface area contributed by atoms with Gasteiger partial charge in [0.05, 0.1) is 0 Å². The lowest BCUT2D eigenvalue weighted by Gasteiger charge is -2.14. The minimum Gasteiger partial charge on any atom is -0.324 e. The van der Waals surface area contributed by atoms with Crippen LogP contribution in [-0.2, 0) is 0 Å². The summed E-state index contributed by atoms with van der Waals surface area (Å²) in [5.74, 6) is 11.6. The van der Waals surface area contributed by atoms with Crippen molar-refractivity contribution < 1.29 is 0 Å². The van der Waals surface area contributed by atoms with Crippen LogP contribution in [0.1, 0.15) is 103 Å². The van der Waals surface area contributed by atoms with E-state index in [1.54, 1.807) is 0 Å². The highest BCUT2D eigenvalue weighted by atomic mass is 32.2. The van der Waals surface area contributed by atoms with Crippen molar-refractivity contribution in [2.75, 3.05) is 46.0 Å². The predicted octanol–water partition coefficient (Wildman–Crippen LogP) is 17.9. The Hall–Kier alpha value is -2.96. The number of hydrogen-bond donors (Lipinski definition) is 2. The van der Waals surface area contributed by atoms with Crippen LogP contribution in [0.2, 0.25) is 0 Å². The molecule has 0 saturated carbocycles. The van der Waals surface area contributed by atoms with E-state index in [9.17, 15) is 0 Å². The van der Waals surface area contributed by atoms with Crippen LogP contribution in [0.4, 0.5) is 0 Å². The lowest BCUT2D eigenvalue weighted by atomic mass is 10.1. The van der Waals surface area contributed by atoms with Crippen LogP contribution in [-0.4, -0.2) is 85.9 Å². The minimum atomic E-state index is 0.683. The van der Waals surface area contributed by atoms with E-state index >= 15 is 0 Å². The second-order valence-corrected chi connectivity index (χ2v) is 28.5. The summed E-state index contributed by atoms with van der Waals surface area (Å²) in [4.78, 5) is 51.6. The molecule has 16 heteroatoms. The number of fused-ring (bicyclic) bond motifs is 24. The van der Waals surface area contributed by atoms with E-state index in [1.165, 1.54) is 142 Å². The zero-order valence-electron chi connectivity index (χ0n) is 40.5. The summed E-state index contributed by atoms with van der Waals surface area (Å²) in [6, 6.07) is 19.0. The first kappa shape index (κ1) is 48.7. The van der Waals surface area contributed by atoms with Gasteiger partial charge >= 0.3 is 0 Å². The Morgan fingerprint density at radius 1 is 0.236 bits per heavy atom. The highest BCUT2D eigenvalue weighted by Gasteiger charge is 2.27. The van der Waals surface area contributed by atoms with Crippen molar-refractivity contribution in [1.29, 1.82) is 0 Å². The van der Waals surface area contributed by atoms with Crippen molar-refractivity contribution in [3.8, 4) is 45.6 Å². The molecule has 9 heterocycles. The van der Waals surface area contributed by atoms with Crippen molar-refractivity contribution in [2.24, 2.45) is 0 Å². The first-order valence-electron chi connectivity index (χ1n) is 26.2. The van der Waals surface area contributed by atoms with Gasteiger partial charge in [-0.05, 0) is 146 Å². The van der Waals surface area contributed by atoms with Crippen molar-refractivity contribution >= 4 is 138 Å². The highest BCUT2D eigenvalue weighted by Crippen LogP contribution is 2.47. The predicted molar refractivity (Wildman–Crippen MR) is 316 cm³/mol. The Morgan fingerprint density at radius 3 is 0.639 bits per heavy atom. The first-order valence-corrected chi connectivity index (χ1v) is 34.1. The molecule has 370 valence electrons. The highest BCUT2D eigenvalue weighted by molar-refractivity contribution is 8.03. The molecule has 0 spiro atoms. The molecule has 0 atom stereocenters. The average molecular weight is 1100 g/mol. The number of nitrogens with zero attached hydrogens (tertiary/aromatic N) is 6. The molecule has 7 aromatic rings. The topological polar surface area (TPSA) is 109 Å². The fourth-order valence-corrected chi connectivity index (χ4v) is 19.6. The van der Waals surface area contributed by atoms with Crippen LogP contribution >= 0.6 is 94.1 Å². The van der Waals surface area contributed by atoms with Crippen molar-refractivity contribution in [2.45, 2.75) is 142 Å². The fourth-order valence-electron chi connectivity index (χ4n) is 10.4. The van der Waals surface area contributed by atoms with Gasteiger partial charge in [0.2, 0.25) is 0 Å². The minimum absolute atomic E-state index is 0.683. The number of hydrogen-bond acceptors (Lipinski definition) is 14. The molecule has 4 aromatic carbocycles. The quantitative estimate of drug-likeness (QED) is 0.150. The molecular formula is C56H58N8S8. The maximum atomic E-state index is 5.61. The zero-order chi connectivity index (χ0) is 47.8. The lowest BCUT2D eigenvalue weighted by molar-refractivity contribution is 0.710. The van der Waals surface area contributed by atoms with Crippen molar-refractivity contribution in [1.82, 2.24) is 39.9 Å². The molecule has 6 aliphatic rings. The second-order valence-electron chi connectivity index (χ2n) is 19.4. The molecule has 8 bridgehead atoms. The van der Waals surface area contributed by atoms with E-state index in [0.29, 0.717) is 23.3 Å². The third-order valence-corrected chi connectivity index (χ3v) is 24.0. The second kappa shape index (κ2) is 22.3. The molecule has 0 saturated heterocycles. The summed E-state index contributed by atoms with van der Waals surface area (Å²) < 4.78 is 0. The normalized spacial score (nSPS) is 18.4. The van der Waals surface area contributed by atoms with Gasteiger partial charge in [-0.25, -0.2) is 29.9 Å². The van der Waals surface area contributed by atoms with Gasteiger partial charge < -0.3 is 9.97 Å². The zero-order valence-corrected chi connectivity index (χ0v) is 47.1. The van der Waals surface area contributed by atoms with E-state index in [-0.39, 0.29) is 0 Å². The number of nitrogens with one attached hydrogen (secondary N) is 2. The van der Waals surface area contributed by atoms with Gasteiger partial charge in [0.15, 0.2) is 23.3 Å². The molecule has 72 heavy (non-hydrogen) atoms. The van der Waals surface area contributed by atoms with Gasteiger partial charge in [0.1, 0.15) is 22.6 Å². The standard InChI is InChI=1S/C56H58N8S8/c1-2-10-18-66-42-26-34-33(25-41(42)65-17-9-1)49-57-50(34)62-52-37-29-45-46(70-22-14-6-5-13-21-69-45)30-38(37)54(59-52)64-56-40-32-48-47(71-23-15-7-8-16-24-72-48)31-39(40)55(60-56)63-53-36-28-44-43(27-35(36)51(58-53)61-49)67-19-11-3-4-12-20-68-44/h25-32H,1-24H2,(H2,57,58,59,60,61,62,63,64). The third kappa shape index (κ3) is 10.2. The van der Waals surface area contributed by atoms with Crippen LogP contribution in [0.25, 0.3) is 89.7 Å². The molecule has 0 radical (unpaired) electrons. The average Bonchev–Trinajstić information content (AvgIpc) is 4.12. The molecule has 13 rings (SSSR count). The maximum Gasteiger partial charge on any atom is 0.164 e. The molecule has 0 amide bonds. The molecule has 0 aliphatic carbocycles. The first-order chi connectivity index (χ1) is 35.7. The van der Waals surface area contributed by atoms with Gasteiger partial charge in [0.25, 0.3) is 0 Å². The monoisotopic (exact) mass is 1100 g/mol. The third-order valence-electron chi connectivity index (χ3n) is 14.3. The molecule has 0 fully saturated rings. The summed E-state index contributed by atoms with van der Waals surface area (Å²) in [6.45, 7) is 0. The summed E-state index contributed by atoms with van der Waals surface area (Å²) in [7, 11) is 0. The largest absolute Gasteiger partial charge is 0.324 e. The van der Waals surface area contributed by atoms with Crippen LogP contribution in [0.3, 0.4) is 0 Å². The molecular weight excluding hydrogens is 1040 g/mol. The lowest BCUT2D eigenvalue weighted by Crippen LogP contribution is -1.92. The van der Waals surface area contributed by atoms with E-state index in [4.69, 9.17) is 29.9 Å². The van der Waals surface area contributed by atoms with Gasteiger partial charge in [-0.1, -0.05) is 51.4 Å². The maximum absolute atomic E-state index is 5.61. The Morgan fingerprint density at radius 2 is 0.431 bits per heavy atom. The summed E-state index contributed by atoms with van der Waals surface area (Å²) in [6.07, 6.45) is 20.2. The van der Waals surface area contributed by atoms with Gasteiger partial charge in [-0.2, -0.15) is 0 Å². The summed E-state index contributed by atoms with van der Waals surface area (Å²) >= 11 is 15.9. The number of aromatic nitrogens is 8. The number of H-pyrrole nitrogens is 2. The Labute approximate surface area is 456 Å². The number of benzene rings is 4. The van der Waals surface area contributed by atoms with Crippen molar-refractivity contribution in [3.63, 3.8) is 0 Å². The molecule has 8 nitrogen and oxygen atoms in total. The van der Waals surface area contributed by atoms with Gasteiger partial charge in [-0.15, -0.1) is 94.1 Å². The fraction of sp³-hybridized carbons (Fsp3) is 0.429. The number of aromatic amines is 2. The van der Waals surface area contributed by atoms with Crippen LogP contribution in [0.5, 0.6) is 0 Å². The molecule has 0 unspecified atom stereocenters. The van der Waals surface area contributed by atoms with Gasteiger partial charge in [-0.3, -0.25) is 0 Å². The van der Waals surface area contributed by atoms with Gasteiger partial charge in [0, 0.05) is 83.0 Å². The summed E-state index contributed by atoms with van der Waals surface area (Å²) in [5.41, 5.74) is 7.21. The Balaban J connectivity index is 1.12. The van der Waals surface area contributed by atoms with E-state index in [2.05, 4.69) is 58.5 Å². The van der Waals surface area contributed by atoms with E-state index in [1.807, 2.05) is 94.1 Å². The smallest absolute Gasteiger partial charge is 0.164 e. The number of thioether (sulfide) groups is 8. The van der Waals surface area contributed by atoms with Crippen molar-refractivity contribution in [3.05, 3.63) is 48.5 Å². The Kier molecular flexibility index (Phi) is 15.1. The van der Waals surface area contributed by atoms with Crippen LogP contribution in [0.15, 0.2) is 87.7 Å². The van der Waals surface area contributed by atoms with Crippen LogP contribution in [0, 0.1) is 0 Å².